The summed E-state index contributed by atoms with van der Waals surface area (Å²) in [6, 6.07) is 0. The van der Waals surface area contributed by atoms with Crippen LogP contribution < -0.4 is 0 Å². The van der Waals surface area contributed by atoms with E-state index in [4.69, 9.17) is 9.47 Å². The number of hydrogen-bond donors (Lipinski definition) is 1. The lowest BCUT2D eigenvalue weighted by Crippen LogP contribution is -2.25. The first-order valence-electron chi connectivity index (χ1n) is 5.49. The molecule has 3 nitrogen and oxygen atoms in total. The molecule has 0 aromatic heterocycles. The Morgan fingerprint density at radius 3 is 2.57 bits per heavy atom. The van der Waals surface area contributed by atoms with Gasteiger partial charge in [-0.3, -0.25) is 0 Å². The van der Waals surface area contributed by atoms with Gasteiger partial charge in [-0.05, 0) is 26.2 Å². The van der Waals surface area contributed by atoms with Crippen LogP contribution in [-0.2, 0) is 9.47 Å². The average Bonchev–Trinajstić information content (AvgIpc) is 2.60. The molecule has 1 N–H and O–H groups in total. The van der Waals surface area contributed by atoms with Crippen molar-refractivity contribution in [3.8, 4) is 0 Å². The van der Waals surface area contributed by atoms with E-state index >= 15 is 0 Å². The lowest BCUT2D eigenvalue weighted by atomic mass is 10.1. The molecule has 0 spiro atoms. The van der Waals surface area contributed by atoms with Crippen molar-refractivity contribution in [3.05, 3.63) is 0 Å². The molecule has 1 saturated carbocycles. The van der Waals surface area contributed by atoms with E-state index in [9.17, 15) is 5.11 Å². The van der Waals surface area contributed by atoms with Gasteiger partial charge in [-0.1, -0.05) is 13.3 Å². The van der Waals surface area contributed by atoms with E-state index in [-0.39, 0.29) is 6.10 Å². The highest BCUT2D eigenvalue weighted by Gasteiger charge is 2.53. The summed E-state index contributed by atoms with van der Waals surface area (Å²) in [6.45, 7) is 6.58. The fourth-order valence-corrected chi connectivity index (χ4v) is 2.40. The number of ether oxygens (including phenoxy) is 2. The molecule has 0 amide bonds. The SMILES string of the molecule is CCC1CC1(O)C[C@H]1COC(C)(C)O1. The average molecular weight is 200 g/mol. The van der Waals surface area contributed by atoms with Gasteiger partial charge in [0.1, 0.15) is 0 Å². The highest BCUT2D eigenvalue weighted by molar-refractivity contribution is 5.04. The van der Waals surface area contributed by atoms with Crippen LogP contribution in [0.25, 0.3) is 0 Å². The Hall–Kier alpha value is -0.120. The van der Waals surface area contributed by atoms with Crippen LogP contribution in [0.3, 0.4) is 0 Å². The van der Waals surface area contributed by atoms with Gasteiger partial charge in [0.25, 0.3) is 0 Å². The summed E-state index contributed by atoms with van der Waals surface area (Å²) in [5.74, 6) is 0.0206. The fourth-order valence-electron chi connectivity index (χ4n) is 2.40. The molecule has 14 heavy (non-hydrogen) atoms. The molecule has 82 valence electrons. The van der Waals surface area contributed by atoms with E-state index in [0.29, 0.717) is 12.5 Å². The van der Waals surface area contributed by atoms with Gasteiger partial charge in [-0.2, -0.15) is 0 Å². The largest absolute Gasteiger partial charge is 0.389 e. The molecule has 3 atom stereocenters. The zero-order valence-corrected chi connectivity index (χ0v) is 9.25. The van der Waals surface area contributed by atoms with Crippen molar-refractivity contribution in [1.82, 2.24) is 0 Å². The van der Waals surface area contributed by atoms with Gasteiger partial charge in [0.2, 0.25) is 0 Å². The normalized spacial score (nSPS) is 45.4. The van der Waals surface area contributed by atoms with Crippen molar-refractivity contribution >= 4 is 0 Å². The lowest BCUT2D eigenvalue weighted by molar-refractivity contribution is -0.142. The predicted octanol–water partition coefficient (Wildman–Crippen LogP) is 1.69. The highest BCUT2D eigenvalue weighted by Crippen LogP contribution is 2.49. The summed E-state index contributed by atoms with van der Waals surface area (Å²) in [5.41, 5.74) is -0.455. The lowest BCUT2D eigenvalue weighted by Gasteiger charge is -2.19. The molecule has 2 unspecified atom stereocenters. The zero-order chi connectivity index (χ0) is 10.4. The van der Waals surface area contributed by atoms with Crippen molar-refractivity contribution in [3.63, 3.8) is 0 Å². The third-order valence-electron chi connectivity index (χ3n) is 3.34. The maximum Gasteiger partial charge on any atom is 0.163 e. The third-order valence-corrected chi connectivity index (χ3v) is 3.34. The van der Waals surface area contributed by atoms with E-state index in [1.54, 1.807) is 0 Å². The van der Waals surface area contributed by atoms with Crippen LogP contribution in [0, 0.1) is 5.92 Å². The van der Waals surface area contributed by atoms with Gasteiger partial charge in [-0.15, -0.1) is 0 Å². The Labute approximate surface area is 85.4 Å². The van der Waals surface area contributed by atoms with Gasteiger partial charge in [0.05, 0.1) is 18.3 Å². The summed E-state index contributed by atoms with van der Waals surface area (Å²) < 4.78 is 11.1. The van der Waals surface area contributed by atoms with Crippen LogP contribution in [0.5, 0.6) is 0 Å². The standard InChI is InChI=1S/C11H20O3/c1-4-8-5-11(8,12)6-9-7-13-10(2,3)14-9/h8-9,12H,4-7H2,1-3H3/t8?,9-,11?/m0/s1. The molecular weight excluding hydrogens is 180 g/mol. The van der Waals surface area contributed by atoms with E-state index in [1.807, 2.05) is 13.8 Å². The Kier molecular flexibility index (Phi) is 2.37. The number of aliphatic hydroxyl groups is 1. The number of hydrogen-bond acceptors (Lipinski definition) is 3. The molecule has 1 heterocycles. The molecule has 3 heteroatoms. The minimum Gasteiger partial charge on any atom is -0.389 e. The van der Waals surface area contributed by atoms with Gasteiger partial charge in [0, 0.05) is 6.42 Å². The third kappa shape index (κ3) is 1.95. The van der Waals surface area contributed by atoms with Crippen molar-refractivity contribution in [2.75, 3.05) is 6.61 Å². The Morgan fingerprint density at radius 1 is 1.43 bits per heavy atom. The maximum atomic E-state index is 10.1. The summed E-state index contributed by atoms with van der Waals surface area (Å²) >= 11 is 0. The summed E-state index contributed by atoms with van der Waals surface area (Å²) in [6.07, 6.45) is 2.80. The summed E-state index contributed by atoms with van der Waals surface area (Å²) in [7, 11) is 0. The molecule has 1 saturated heterocycles. The van der Waals surface area contributed by atoms with Gasteiger partial charge in [-0.25, -0.2) is 0 Å². The molecule has 0 aromatic rings. The van der Waals surface area contributed by atoms with E-state index in [0.717, 1.165) is 19.3 Å². The molecule has 0 aromatic carbocycles. The van der Waals surface area contributed by atoms with Crippen molar-refractivity contribution in [2.45, 2.75) is 57.5 Å². The highest BCUT2D eigenvalue weighted by atomic mass is 16.7. The van der Waals surface area contributed by atoms with Crippen LogP contribution in [0.2, 0.25) is 0 Å². The molecule has 0 radical (unpaired) electrons. The zero-order valence-electron chi connectivity index (χ0n) is 9.25. The molecule has 2 rings (SSSR count). The Bertz CT molecular complexity index is 227. The molecule has 2 fully saturated rings. The second-order valence-electron chi connectivity index (χ2n) is 5.07. The van der Waals surface area contributed by atoms with Crippen molar-refractivity contribution in [2.24, 2.45) is 5.92 Å². The molecule has 0 bridgehead atoms. The molecule has 1 aliphatic carbocycles. The van der Waals surface area contributed by atoms with Crippen LogP contribution in [0.4, 0.5) is 0 Å². The molecule has 2 aliphatic rings. The van der Waals surface area contributed by atoms with Crippen LogP contribution in [-0.4, -0.2) is 29.2 Å². The Balaban J connectivity index is 1.83. The smallest absolute Gasteiger partial charge is 0.163 e. The van der Waals surface area contributed by atoms with Gasteiger partial charge < -0.3 is 14.6 Å². The molecular formula is C11H20O3. The van der Waals surface area contributed by atoms with Gasteiger partial charge >= 0.3 is 0 Å². The second-order valence-corrected chi connectivity index (χ2v) is 5.07. The minimum atomic E-state index is -0.461. The summed E-state index contributed by atoms with van der Waals surface area (Å²) in [5, 5.41) is 10.1. The first-order valence-corrected chi connectivity index (χ1v) is 5.49. The topological polar surface area (TPSA) is 38.7 Å². The Morgan fingerprint density at radius 2 is 2.14 bits per heavy atom. The van der Waals surface area contributed by atoms with Crippen LogP contribution >= 0.6 is 0 Å². The minimum absolute atomic E-state index is 0.0755. The summed E-state index contributed by atoms with van der Waals surface area (Å²) in [4.78, 5) is 0. The van der Waals surface area contributed by atoms with Crippen LogP contribution in [0.1, 0.15) is 40.0 Å². The maximum absolute atomic E-state index is 10.1. The number of rotatable bonds is 3. The first kappa shape index (κ1) is 10.4. The van der Waals surface area contributed by atoms with Crippen molar-refractivity contribution < 1.29 is 14.6 Å². The molecule has 1 aliphatic heterocycles. The van der Waals surface area contributed by atoms with E-state index < -0.39 is 11.4 Å². The van der Waals surface area contributed by atoms with E-state index in [1.165, 1.54) is 0 Å². The predicted molar refractivity (Wildman–Crippen MR) is 52.9 cm³/mol. The quantitative estimate of drug-likeness (QED) is 0.753. The van der Waals surface area contributed by atoms with Crippen LogP contribution in [0.15, 0.2) is 0 Å². The van der Waals surface area contributed by atoms with E-state index in [2.05, 4.69) is 6.92 Å². The second kappa shape index (κ2) is 3.19. The fraction of sp³-hybridized carbons (Fsp3) is 1.00. The van der Waals surface area contributed by atoms with Crippen molar-refractivity contribution in [1.29, 1.82) is 0 Å². The van der Waals surface area contributed by atoms with Gasteiger partial charge in [0.15, 0.2) is 5.79 Å². The monoisotopic (exact) mass is 200 g/mol. The first-order chi connectivity index (χ1) is 6.45.